The monoisotopic (exact) mass is 246 g/mol. The van der Waals surface area contributed by atoms with Crippen LogP contribution in [0.15, 0.2) is 30.3 Å². The fourth-order valence-corrected chi connectivity index (χ4v) is 2.26. The second kappa shape index (κ2) is 5.67. The predicted molar refractivity (Wildman–Crippen MR) is 68.8 cm³/mol. The largest absolute Gasteiger partial charge is 0.341 e. The third-order valence-electron chi connectivity index (χ3n) is 3.15. The lowest BCUT2D eigenvalue weighted by molar-refractivity contribution is -0.135. The summed E-state index contributed by atoms with van der Waals surface area (Å²) in [5.74, 6) is -0.190. The molecule has 2 rings (SSSR count). The predicted octanol–water partition coefficient (Wildman–Crippen LogP) is 1.49. The van der Waals surface area contributed by atoms with Gasteiger partial charge in [0.1, 0.15) is 6.04 Å². The van der Waals surface area contributed by atoms with Crippen molar-refractivity contribution in [1.29, 1.82) is 0 Å². The summed E-state index contributed by atoms with van der Waals surface area (Å²) in [7, 11) is 0. The molecule has 1 saturated heterocycles. The summed E-state index contributed by atoms with van der Waals surface area (Å²) in [5.41, 5.74) is 0.838. The second-order valence-electron chi connectivity index (χ2n) is 4.58. The van der Waals surface area contributed by atoms with Gasteiger partial charge in [-0.3, -0.25) is 9.59 Å². The SMILES string of the molecule is CC(=O)N[C@@H](C(=O)N1CCCC1)c1ccccc1. The number of nitrogens with one attached hydrogen (secondary N) is 1. The van der Waals surface area contributed by atoms with E-state index in [-0.39, 0.29) is 11.8 Å². The number of likely N-dealkylation sites (tertiary alicyclic amines) is 1. The first-order valence-corrected chi connectivity index (χ1v) is 6.29. The number of rotatable bonds is 3. The number of nitrogens with zero attached hydrogens (tertiary/aromatic N) is 1. The van der Waals surface area contributed by atoms with E-state index in [0.717, 1.165) is 31.5 Å². The number of carbonyl (C=O) groups is 2. The van der Waals surface area contributed by atoms with Gasteiger partial charge in [-0.15, -0.1) is 0 Å². The summed E-state index contributed by atoms with van der Waals surface area (Å²) in [6, 6.07) is 8.84. The number of amides is 2. The van der Waals surface area contributed by atoms with Gasteiger partial charge >= 0.3 is 0 Å². The zero-order valence-corrected chi connectivity index (χ0v) is 10.6. The molecule has 1 aliphatic heterocycles. The maximum atomic E-state index is 12.4. The molecule has 1 heterocycles. The molecule has 0 radical (unpaired) electrons. The van der Waals surface area contributed by atoms with E-state index < -0.39 is 6.04 Å². The second-order valence-corrected chi connectivity index (χ2v) is 4.58. The molecule has 96 valence electrons. The molecule has 0 spiro atoms. The van der Waals surface area contributed by atoms with Gasteiger partial charge in [0.15, 0.2) is 0 Å². The summed E-state index contributed by atoms with van der Waals surface area (Å²) < 4.78 is 0. The lowest BCUT2D eigenvalue weighted by atomic mass is 10.1. The Bertz CT molecular complexity index is 425. The Morgan fingerprint density at radius 1 is 1.17 bits per heavy atom. The first-order chi connectivity index (χ1) is 8.68. The summed E-state index contributed by atoms with van der Waals surface area (Å²) in [6.07, 6.45) is 2.10. The molecular formula is C14H18N2O2. The van der Waals surface area contributed by atoms with Crippen LogP contribution in [0.25, 0.3) is 0 Å². The minimum Gasteiger partial charge on any atom is -0.341 e. The molecule has 1 atom stereocenters. The normalized spacial score (nSPS) is 16.4. The van der Waals surface area contributed by atoms with Crippen LogP contribution in [-0.4, -0.2) is 29.8 Å². The summed E-state index contributed by atoms with van der Waals surface area (Å²) in [6.45, 7) is 3.02. The first-order valence-electron chi connectivity index (χ1n) is 6.29. The lowest BCUT2D eigenvalue weighted by Gasteiger charge is -2.23. The molecule has 0 bridgehead atoms. The van der Waals surface area contributed by atoms with Crippen LogP contribution < -0.4 is 5.32 Å². The highest BCUT2D eigenvalue weighted by molar-refractivity contribution is 5.88. The van der Waals surface area contributed by atoms with Gasteiger partial charge in [-0.05, 0) is 18.4 Å². The standard InChI is InChI=1S/C14H18N2O2/c1-11(17)15-13(12-7-3-2-4-8-12)14(18)16-9-5-6-10-16/h2-4,7-8,13H,5-6,9-10H2,1H3,(H,15,17)/t13-/m1/s1. The highest BCUT2D eigenvalue weighted by Crippen LogP contribution is 2.19. The van der Waals surface area contributed by atoms with Crippen LogP contribution in [0, 0.1) is 0 Å². The van der Waals surface area contributed by atoms with Crippen LogP contribution in [-0.2, 0) is 9.59 Å². The van der Waals surface area contributed by atoms with E-state index in [9.17, 15) is 9.59 Å². The topological polar surface area (TPSA) is 49.4 Å². The van der Waals surface area contributed by atoms with E-state index in [4.69, 9.17) is 0 Å². The number of hydrogen-bond acceptors (Lipinski definition) is 2. The molecule has 4 nitrogen and oxygen atoms in total. The molecule has 0 aliphatic carbocycles. The molecule has 0 saturated carbocycles. The van der Waals surface area contributed by atoms with E-state index in [1.165, 1.54) is 6.92 Å². The average Bonchev–Trinajstić information content (AvgIpc) is 2.90. The van der Waals surface area contributed by atoms with Crippen LogP contribution in [0.4, 0.5) is 0 Å². The van der Waals surface area contributed by atoms with Gasteiger partial charge in [-0.25, -0.2) is 0 Å². The molecule has 1 aromatic rings. The maximum Gasteiger partial charge on any atom is 0.249 e. The van der Waals surface area contributed by atoms with Crippen molar-refractivity contribution in [2.24, 2.45) is 0 Å². The molecular weight excluding hydrogens is 228 g/mol. The van der Waals surface area contributed by atoms with E-state index in [0.29, 0.717) is 0 Å². The van der Waals surface area contributed by atoms with Gasteiger partial charge in [0, 0.05) is 20.0 Å². The Labute approximate surface area is 107 Å². The average molecular weight is 246 g/mol. The number of carbonyl (C=O) groups excluding carboxylic acids is 2. The quantitative estimate of drug-likeness (QED) is 0.878. The van der Waals surface area contributed by atoms with E-state index in [2.05, 4.69) is 5.32 Å². The molecule has 0 unspecified atom stereocenters. The molecule has 1 aliphatic rings. The van der Waals surface area contributed by atoms with Crippen molar-refractivity contribution in [2.45, 2.75) is 25.8 Å². The van der Waals surface area contributed by atoms with Gasteiger partial charge in [0.25, 0.3) is 0 Å². The Balaban J connectivity index is 2.19. The van der Waals surface area contributed by atoms with Crippen LogP contribution in [0.3, 0.4) is 0 Å². The van der Waals surface area contributed by atoms with Crippen molar-refractivity contribution in [1.82, 2.24) is 10.2 Å². The third kappa shape index (κ3) is 2.88. The molecule has 4 heteroatoms. The van der Waals surface area contributed by atoms with Crippen molar-refractivity contribution in [3.63, 3.8) is 0 Å². The summed E-state index contributed by atoms with van der Waals surface area (Å²) >= 11 is 0. The minimum absolute atomic E-state index is 0.00565. The van der Waals surface area contributed by atoms with Gasteiger partial charge in [0.2, 0.25) is 11.8 Å². The first kappa shape index (κ1) is 12.6. The van der Waals surface area contributed by atoms with Gasteiger partial charge in [-0.1, -0.05) is 30.3 Å². The van der Waals surface area contributed by atoms with Crippen LogP contribution >= 0.6 is 0 Å². The number of benzene rings is 1. The zero-order valence-electron chi connectivity index (χ0n) is 10.6. The Morgan fingerprint density at radius 3 is 2.33 bits per heavy atom. The van der Waals surface area contributed by atoms with Gasteiger partial charge in [0.05, 0.1) is 0 Å². The minimum atomic E-state index is -0.554. The van der Waals surface area contributed by atoms with Crippen molar-refractivity contribution >= 4 is 11.8 Å². The van der Waals surface area contributed by atoms with Crippen molar-refractivity contribution < 1.29 is 9.59 Å². The molecule has 1 fully saturated rings. The Kier molecular flexibility index (Phi) is 3.97. The molecule has 2 amide bonds. The van der Waals surface area contributed by atoms with Crippen LogP contribution in [0.1, 0.15) is 31.4 Å². The summed E-state index contributed by atoms with van der Waals surface area (Å²) in [4.78, 5) is 25.5. The van der Waals surface area contributed by atoms with E-state index in [1.54, 1.807) is 0 Å². The lowest BCUT2D eigenvalue weighted by Crippen LogP contribution is -2.41. The van der Waals surface area contributed by atoms with Crippen molar-refractivity contribution in [2.75, 3.05) is 13.1 Å². The molecule has 1 aromatic carbocycles. The fraction of sp³-hybridized carbons (Fsp3) is 0.429. The third-order valence-corrected chi connectivity index (χ3v) is 3.15. The molecule has 18 heavy (non-hydrogen) atoms. The van der Waals surface area contributed by atoms with E-state index in [1.807, 2.05) is 35.2 Å². The highest BCUT2D eigenvalue weighted by Gasteiger charge is 2.28. The van der Waals surface area contributed by atoms with Crippen LogP contribution in [0.2, 0.25) is 0 Å². The molecule has 0 aromatic heterocycles. The Hall–Kier alpha value is -1.84. The van der Waals surface area contributed by atoms with Crippen molar-refractivity contribution in [3.05, 3.63) is 35.9 Å². The number of hydrogen-bond donors (Lipinski definition) is 1. The van der Waals surface area contributed by atoms with Gasteiger partial charge in [-0.2, -0.15) is 0 Å². The van der Waals surface area contributed by atoms with Gasteiger partial charge < -0.3 is 10.2 Å². The van der Waals surface area contributed by atoms with Crippen molar-refractivity contribution in [3.8, 4) is 0 Å². The Morgan fingerprint density at radius 2 is 1.78 bits per heavy atom. The molecule has 1 N–H and O–H groups in total. The maximum absolute atomic E-state index is 12.4. The zero-order chi connectivity index (χ0) is 13.0. The highest BCUT2D eigenvalue weighted by atomic mass is 16.2. The van der Waals surface area contributed by atoms with Crippen LogP contribution in [0.5, 0.6) is 0 Å². The fourth-order valence-electron chi connectivity index (χ4n) is 2.26. The summed E-state index contributed by atoms with van der Waals surface area (Å²) in [5, 5.41) is 2.74. The smallest absolute Gasteiger partial charge is 0.249 e. The van der Waals surface area contributed by atoms with E-state index >= 15 is 0 Å².